The second-order valence-electron chi connectivity index (χ2n) is 3.93. The fourth-order valence-electron chi connectivity index (χ4n) is 1.34. The molecule has 0 unspecified atom stereocenters. The number of rotatable bonds is 6. The average Bonchev–Trinajstić information content (AvgIpc) is 2.61. The van der Waals surface area contributed by atoms with Gasteiger partial charge in [-0.05, 0) is 22.4 Å². The number of hydrogen-bond acceptors (Lipinski definition) is 5. The molecule has 0 aliphatic carbocycles. The Balaban J connectivity index is 2.49. The molecule has 106 valence electrons. The molecule has 0 saturated heterocycles. The van der Waals surface area contributed by atoms with Crippen LogP contribution in [-0.2, 0) is 16.6 Å². The molecule has 0 aliphatic heterocycles. The van der Waals surface area contributed by atoms with Gasteiger partial charge in [0.25, 0.3) is 5.91 Å². The van der Waals surface area contributed by atoms with Crippen molar-refractivity contribution in [1.82, 2.24) is 15.1 Å². The van der Waals surface area contributed by atoms with Crippen molar-refractivity contribution in [2.45, 2.75) is 19.8 Å². The van der Waals surface area contributed by atoms with Crippen molar-refractivity contribution in [2.75, 3.05) is 18.9 Å². The lowest BCUT2D eigenvalue weighted by Gasteiger charge is -2.06. The second kappa shape index (κ2) is 7.13. The number of aryl methyl sites for hydroxylation is 1. The lowest BCUT2D eigenvalue weighted by atomic mass is 10.3. The van der Waals surface area contributed by atoms with E-state index >= 15 is 0 Å². The zero-order valence-corrected chi connectivity index (χ0v) is 12.5. The highest BCUT2D eigenvalue weighted by molar-refractivity contribution is 9.10. The summed E-state index contributed by atoms with van der Waals surface area (Å²) >= 11 is 3.14. The number of anilines is 1. The van der Waals surface area contributed by atoms with Gasteiger partial charge in [-0.1, -0.05) is 13.3 Å². The van der Waals surface area contributed by atoms with Crippen molar-refractivity contribution in [3.8, 4) is 0 Å². The number of hydrogen-bond donors (Lipinski definition) is 2. The first kappa shape index (κ1) is 15.5. The fraction of sp³-hybridized carbons (Fsp3) is 0.545. The summed E-state index contributed by atoms with van der Waals surface area (Å²) in [6.07, 6.45) is 1.75. The Morgan fingerprint density at radius 2 is 2.21 bits per heavy atom. The number of nitrogens with two attached hydrogens (primary N) is 1. The first-order chi connectivity index (χ1) is 8.97. The number of aromatic nitrogens is 2. The third-order valence-corrected chi connectivity index (χ3v) is 2.99. The monoisotopic (exact) mass is 332 g/mol. The van der Waals surface area contributed by atoms with Gasteiger partial charge in [-0.2, -0.15) is 5.10 Å². The molecule has 7 nitrogen and oxygen atoms in total. The Bertz CT molecular complexity index is 473. The molecule has 0 atom stereocenters. The standard InChI is InChI=1S/C11H17BrN4O3/c1-3-4-5-19-7(17)6-14-11(18)8-9(12)15-16(2)10(8)13/h3-6,13H2,1-2H3,(H,14,18). The maximum absolute atomic E-state index is 11.9. The number of ether oxygens (including phenoxy) is 1. The number of halogens is 1. The number of nitrogen functional groups attached to an aromatic ring is 1. The molecule has 1 aromatic rings. The largest absolute Gasteiger partial charge is 0.464 e. The summed E-state index contributed by atoms with van der Waals surface area (Å²) in [7, 11) is 1.62. The number of nitrogens with zero attached hydrogens (tertiary/aromatic N) is 2. The van der Waals surface area contributed by atoms with Crippen LogP contribution in [0.3, 0.4) is 0 Å². The maximum atomic E-state index is 11.9. The van der Waals surface area contributed by atoms with Crippen molar-refractivity contribution in [1.29, 1.82) is 0 Å². The summed E-state index contributed by atoms with van der Waals surface area (Å²) in [4.78, 5) is 23.2. The number of esters is 1. The molecule has 0 radical (unpaired) electrons. The molecule has 0 saturated carbocycles. The van der Waals surface area contributed by atoms with Crippen molar-refractivity contribution < 1.29 is 14.3 Å². The average molecular weight is 333 g/mol. The number of carbonyl (C=O) groups is 2. The SMILES string of the molecule is CCCCOC(=O)CNC(=O)c1c(Br)nn(C)c1N. The van der Waals surface area contributed by atoms with E-state index in [1.807, 2.05) is 6.92 Å². The van der Waals surface area contributed by atoms with Crippen LogP contribution in [0.5, 0.6) is 0 Å². The van der Waals surface area contributed by atoms with Gasteiger partial charge in [-0.3, -0.25) is 14.3 Å². The van der Waals surface area contributed by atoms with E-state index in [4.69, 9.17) is 10.5 Å². The van der Waals surface area contributed by atoms with Gasteiger partial charge in [0.15, 0.2) is 0 Å². The van der Waals surface area contributed by atoms with E-state index in [2.05, 4.69) is 26.3 Å². The van der Waals surface area contributed by atoms with E-state index in [0.29, 0.717) is 11.2 Å². The molecule has 0 aliphatic rings. The van der Waals surface area contributed by atoms with Gasteiger partial charge in [0.05, 0.1) is 6.61 Å². The van der Waals surface area contributed by atoms with E-state index in [1.54, 1.807) is 7.05 Å². The number of amides is 1. The Labute approximate surface area is 119 Å². The van der Waals surface area contributed by atoms with Crippen LogP contribution in [0.15, 0.2) is 4.60 Å². The smallest absolute Gasteiger partial charge is 0.325 e. The van der Waals surface area contributed by atoms with E-state index in [9.17, 15) is 9.59 Å². The molecule has 0 bridgehead atoms. The Morgan fingerprint density at radius 3 is 2.74 bits per heavy atom. The number of carbonyl (C=O) groups excluding carboxylic acids is 2. The van der Waals surface area contributed by atoms with Gasteiger partial charge in [0, 0.05) is 7.05 Å². The summed E-state index contributed by atoms with van der Waals surface area (Å²) < 4.78 is 6.63. The zero-order chi connectivity index (χ0) is 14.4. The van der Waals surface area contributed by atoms with Crippen LogP contribution in [0, 0.1) is 0 Å². The Morgan fingerprint density at radius 1 is 1.53 bits per heavy atom. The molecule has 1 rings (SSSR count). The van der Waals surface area contributed by atoms with Crippen molar-refractivity contribution in [3.63, 3.8) is 0 Å². The van der Waals surface area contributed by atoms with Crippen LogP contribution < -0.4 is 11.1 Å². The molecule has 8 heteroatoms. The van der Waals surface area contributed by atoms with Gasteiger partial charge in [-0.25, -0.2) is 0 Å². The molecule has 19 heavy (non-hydrogen) atoms. The Hall–Kier alpha value is -1.57. The van der Waals surface area contributed by atoms with Crippen molar-refractivity contribution in [2.24, 2.45) is 7.05 Å². The third kappa shape index (κ3) is 4.23. The molecule has 0 spiro atoms. The van der Waals surface area contributed by atoms with Gasteiger partial charge in [0.2, 0.25) is 0 Å². The first-order valence-corrected chi connectivity index (χ1v) is 6.68. The van der Waals surface area contributed by atoms with Crippen molar-refractivity contribution >= 4 is 33.6 Å². The van der Waals surface area contributed by atoms with Gasteiger partial charge in [-0.15, -0.1) is 0 Å². The van der Waals surface area contributed by atoms with E-state index in [-0.39, 0.29) is 17.9 Å². The van der Waals surface area contributed by atoms with E-state index in [1.165, 1.54) is 4.68 Å². The lowest BCUT2D eigenvalue weighted by molar-refractivity contribution is -0.142. The van der Waals surface area contributed by atoms with Gasteiger partial charge < -0.3 is 15.8 Å². The van der Waals surface area contributed by atoms with Gasteiger partial charge >= 0.3 is 5.97 Å². The quantitative estimate of drug-likeness (QED) is 0.594. The summed E-state index contributed by atoms with van der Waals surface area (Å²) in [5.74, 6) is -0.714. The molecule has 1 heterocycles. The molecule has 3 N–H and O–H groups in total. The van der Waals surface area contributed by atoms with E-state index in [0.717, 1.165) is 12.8 Å². The topological polar surface area (TPSA) is 99.2 Å². The van der Waals surface area contributed by atoms with Crippen LogP contribution >= 0.6 is 15.9 Å². The highest BCUT2D eigenvalue weighted by Crippen LogP contribution is 2.20. The van der Waals surface area contributed by atoms with Crippen LogP contribution in [0.4, 0.5) is 5.82 Å². The minimum atomic E-state index is -0.472. The van der Waals surface area contributed by atoms with E-state index < -0.39 is 11.9 Å². The van der Waals surface area contributed by atoms with Crippen LogP contribution in [0.25, 0.3) is 0 Å². The second-order valence-corrected chi connectivity index (χ2v) is 4.68. The third-order valence-electron chi connectivity index (χ3n) is 2.43. The summed E-state index contributed by atoms with van der Waals surface area (Å²) in [5, 5.41) is 6.39. The fourth-order valence-corrected chi connectivity index (χ4v) is 1.96. The highest BCUT2D eigenvalue weighted by Gasteiger charge is 2.19. The number of nitrogens with one attached hydrogen (secondary N) is 1. The molecular weight excluding hydrogens is 316 g/mol. The summed E-state index contributed by atoms with van der Waals surface area (Å²) in [6, 6.07) is 0. The zero-order valence-electron chi connectivity index (χ0n) is 10.9. The van der Waals surface area contributed by atoms with Crippen molar-refractivity contribution in [3.05, 3.63) is 10.2 Å². The highest BCUT2D eigenvalue weighted by atomic mass is 79.9. The molecule has 1 aromatic heterocycles. The summed E-state index contributed by atoms with van der Waals surface area (Å²) in [6.45, 7) is 2.17. The first-order valence-electron chi connectivity index (χ1n) is 5.89. The molecular formula is C11H17BrN4O3. The van der Waals surface area contributed by atoms with Gasteiger partial charge in [0.1, 0.15) is 22.5 Å². The number of unbranched alkanes of at least 4 members (excludes halogenated alkanes) is 1. The molecule has 0 aromatic carbocycles. The normalized spacial score (nSPS) is 10.3. The minimum absolute atomic E-state index is 0.191. The minimum Gasteiger partial charge on any atom is -0.464 e. The Kier molecular flexibility index (Phi) is 5.81. The molecule has 1 amide bonds. The van der Waals surface area contributed by atoms with Crippen LogP contribution in [0.2, 0.25) is 0 Å². The van der Waals surface area contributed by atoms with Crippen LogP contribution in [0.1, 0.15) is 30.1 Å². The predicted octanol–water partition coefficient (Wildman–Crippen LogP) is 0.838. The maximum Gasteiger partial charge on any atom is 0.325 e. The van der Waals surface area contributed by atoms with Crippen LogP contribution in [-0.4, -0.2) is 34.8 Å². The lowest BCUT2D eigenvalue weighted by Crippen LogP contribution is -2.31. The summed E-state index contributed by atoms with van der Waals surface area (Å²) in [5.41, 5.74) is 5.91. The molecule has 0 fully saturated rings. The predicted molar refractivity (Wildman–Crippen MR) is 73.5 cm³/mol.